The summed E-state index contributed by atoms with van der Waals surface area (Å²) in [5.74, 6) is 0.494. The van der Waals surface area contributed by atoms with Gasteiger partial charge in [-0.05, 0) is 72.6 Å². The number of aliphatic hydroxyl groups is 1. The number of amides is 1. The summed E-state index contributed by atoms with van der Waals surface area (Å²) in [4.78, 5) is 18.7. The SMILES string of the molecule is COc1ccc(C[C@@H](CO)NC(=O)c2ccc(-c3cc(-c4cccnc4)nn3-c3ccc(Cl)c(Cl)c3)s2)cc1. The van der Waals surface area contributed by atoms with Gasteiger partial charge in [0, 0.05) is 18.0 Å². The molecule has 2 aromatic carbocycles. The molecule has 0 unspecified atom stereocenters. The molecule has 1 amide bonds. The third kappa shape index (κ3) is 6.15. The summed E-state index contributed by atoms with van der Waals surface area (Å²) in [6.07, 6.45) is 3.94. The highest BCUT2D eigenvalue weighted by Gasteiger charge is 2.19. The number of carbonyl (C=O) groups is 1. The van der Waals surface area contributed by atoms with Crippen LogP contribution in [0.2, 0.25) is 10.0 Å². The Morgan fingerprint density at radius 2 is 1.90 bits per heavy atom. The maximum absolute atomic E-state index is 13.1. The Morgan fingerprint density at radius 1 is 1.08 bits per heavy atom. The molecule has 5 rings (SSSR count). The summed E-state index contributed by atoms with van der Waals surface area (Å²) in [5, 5.41) is 18.5. The molecule has 0 saturated carbocycles. The Hall–Kier alpha value is -3.69. The van der Waals surface area contributed by atoms with Crippen LogP contribution in [0.4, 0.5) is 0 Å². The molecule has 0 fully saturated rings. The highest BCUT2D eigenvalue weighted by molar-refractivity contribution is 7.17. The Bertz CT molecular complexity index is 1590. The average Bonchev–Trinajstić information content (AvgIpc) is 3.63. The lowest BCUT2D eigenvalue weighted by atomic mass is 10.1. The fraction of sp³-hybridized carbons (Fsp3) is 0.138. The molecule has 5 aromatic rings. The number of aromatic nitrogens is 3. The van der Waals surface area contributed by atoms with Gasteiger partial charge in [-0.25, -0.2) is 4.68 Å². The number of hydrogen-bond acceptors (Lipinski definition) is 6. The van der Waals surface area contributed by atoms with Gasteiger partial charge in [-0.15, -0.1) is 11.3 Å². The Kier molecular flexibility index (Phi) is 8.28. The van der Waals surface area contributed by atoms with Gasteiger partial charge < -0.3 is 15.2 Å². The average molecular weight is 580 g/mol. The summed E-state index contributed by atoms with van der Waals surface area (Å²) in [6.45, 7) is -0.186. The first-order valence-corrected chi connectivity index (χ1v) is 13.6. The van der Waals surface area contributed by atoms with Crippen molar-refractivity contribution in [2.24, 2.45) is 0 Å². The van der Waals surface area contributed by atoms with Crippen LogP contribution >= 0.6 is 34.5 Å². The van der Waals surface area contributed by atoms with Crippen molar-refractivity contribution in [3.05, 3.63) is 106 Å². The zero-order valence-electron chi connectivity index (χ0n) is 20.8. The van der Waals surface area contributed by atoms with E-state index in [2.05, 4.69) is 10.3 Å². The van der Waals surface area contributed by atoms with Crippen molar-refractivity contribution in [3.8, 4) is 33.3 Å². The van der Waals surface area contributed by atoms with Gasteiger partial charge in [0.25, 0.3) is 5.91 Å². The molecule has 0 bridgehead atoms. The number of nitrogens with one attached hydrogen (secondary N) is 1. The normalized spacial score (nSPS) is 11.8. The Labute approximate surface area is 239 Å². The first-order chi connectivity index (χ1) is 18.9. The molecule has 198 valence electrons. The van der Waals surface area contributed by atoms with Gasteiger partial charge in [0.15, 0.2) is 0 Å². The van der Waals surface area contributed by atoms with E-state index in [4.69, 9.17) is 33.0 Å². The van der Waals surface area contributed by atoms with E-state index in [1.165, 1.54) is 11.3 Å². The minimum Gasteiger partial charge on any atom is -0.497 e. The number of ether oxygens (including phenoxy) is 1. The molecule has 0 saturated heterocycles. The summed E-state index contributed by atoms with van der Waals surface area (Å²) in [6, 6.07) is 21.8. The number of carbonyl (C=O) groups excluding carboxylic acids is 1. The van der Waals surface area contributed by atoms with E-state index in [1.807, 2.05) is 54.6 Å². The molecule has 10 heteroatoms. The summed E-state index contributed by atoms with van der Waals surface area (Å²) in [5.41, 5.74) is 4.08. The maximum atomic E-state index is 13.1. The predicted octanol–water partition coefficient (Wildman–Crippen LogP) is 6.31. The van der Waals surface area contributed by atoms with Gasteiger partial charge in [-0.2, -0.15) is 5.10 Å². The fourth-order valence-electron chi connectivity index (χ4n) is 4.09. The highest BCUT2D eigenvalue weighted by Crippen LogP contribution is 2.34. The molecule has 3 aromatic heterocycles. The third-order valence-corrected chi connectivity index (χ3v) is 7.94. The predicted molar refractivity (Wildman–Crippen MR) is 155 cm³/mol. The second kappa shape index (κ2) is 12.0. The monoisotopic (exact) mass is 578 g/mol. The van der Waals surface area contributed by atoms with Gasteiger partial charge in [-0.1, -0.05) is 35.3 Å². The second-order valence-electron chi connectivity index (χ2n) is 8.74. The molecule has 3 heterocycles. The van der Waals surface area contributed by atoms with Gasteiger partial charge in [0.2, 0.25) is 0 Å². The topological polar surface area (TPSA) is 89.3 Å². The lowest BCUT2D eigenvalue weighted by Gasteiger charge is -2.16. The molecular formula is C29H24Cl2N4O3S. The molecule has 0 aliphatic rings. The first-order valence-electron chi connectivity index (χ1n) is 12.1. The number of aliphatic hydroxyl groups excluding tert-OH is 1. The molecule has 0 spiro atoms. The van der Waals surface area contributed by atoms with Gasteiger partial charge >= 0.3 is 0 Å². The number of halogens is 2. The quantitative estimate of drug-likeness (QED) is 0.214. The summed E-state index contributed by atoms with van der Waals surface area (Å²) < 4.78 is 6.97. The van der Waals surface area contributed by atoms with Gasteiger partial charge in [0.05, 0.1) is 56.6 Å². The molecule has 0 aliphatic heterocycles. The van der Waals surface area contributed by atoms with Crippen LogP contribution in [-0.4, -0.2) is 45.5 Å². The molecule has 0 radical (unpaired) electrons. The zero-order valence-corrected chi connectivity index (χ0v) is 23.2. The lowest BCUT2D eigenvalue weighted by molar-refractivity contribution is 0.0920. The van der Waals surface area contributed by atoms with Crippen LogP contribution in [0.3, 0.4) is 0 Å². The maximum Gasteiger partial charge on any atom is 0.261 e. The number of rotatable bonds is 9. The summed E-state index contributed by atoms with van der Waals surface area (Å²) in [7, 11) is 1.61. The zero-order chi connectivity index (χ0) is 27.4. The van der Waals surface area contributed by atoms with E-state index >= 15 is 0 Å². The van der Waals surface area contributed by atoms with Crippen molar-refractivity contribution in [3.63, 3.8) is 0 Å². The van der Waals surface area contributed by atoms with Crippen molar-refractivity contribution in [2.75, 3.05) is 13.7 Å². The van der Waals surface area contributed by atoms with Crippen LogP contribution in [0.15, 0.2) is 85.2 Å². The van der Waals surface area contributed by atoms with E-state index in [9.17, 15) is 9.90 Å². The smallest absolute Gasteiger partial charge is 0.261 e. The largest absolute Gasteiger partial charge is 0.497 e. The lowest BCUT2D eigenvalue weighted by Crippen LogP contribution is -2.38. The Morgan fingerprint density at radius 3 is 2.59 bits per heavy atom. The van der Waals surface area contributed by atoms with E-state index in [0.717, 1.165) is 38.8 Å². The van der Waals surface area contributed by atoms with Gasteiger partial charge in [-0.3, -0.25) is 9.78 Å². The van der Waals surface area contributed by atoms with Crippen LogP contribution in [0, 0.1) is 0 Å². The molecule has 0 aliphatic carbocycles. The number of pyridine rings is 1. The Balaban J connectivity index is 1.41. The van der Waals surface area contributed by atoms with E-state index in [0.29, 0.717) is 21.3 Å². The summed E-state index contributed by atoms with van der Waals surface area (Å²) >= 11 is 13.8. The number of hydrogen-bond donors (Lipinski definition) is 2. The van der Waals surface area contributed by atoms with E-state index < -0.39 is 6.04 Å². The molecule has 1 atom stereocenters. The van der Waals surface area contributed by atoms with E-state index in [1.54, 1.807) is 42.4 Å². The van der Waals surface area contributed by atoms with Crippen molar-refractivity contribution in [1.29, 1.82) is 0 Å². The van der Waals surface area contributed by atoms with Gasteiger partial charge in [0.1, 0.15) is 5.75 Å². The fourth-order valence-corrected chi connectivity index (χ4v) is 5.29. The molecule has 2 N–H and O–H groups in total. The minimum absolute atomic E-state index is 0.186. The first kappa shape index (κ1) is 26.9. The number of benzene rings is 2. The van der Waals surface area contributed by atoms with Crippen molar-refractivity contribution in [2.45, 2.75) is 12.5 Å². The van der Waals surface area contributed by atoms with Crippen molar-refractivity contribution >= 4 is 40.4 Å². The number of thiophene rings is 1. The van der Waals surface area contributed by atoms with Crippen molar-refractivity contribution in [1.82, 2.24) is 20.1 Å². The molecular weight excluding hydrogens is 555 g/mol. The highest BCUT2D eigenvalue weighted by atomic mass is 35.5. The number of methoxy groups -OCH3 is 1. The van der Waals surface area contributed by atoms with Crippen molar-refractivity contribution < 1.29 is 14.6 Å². The minimum atomic E-state index is -0.435. The van der Waals surface area contributed by atoms with Crippen LogP contribution in [0.5, 0.6) is 5.75 Å². The standard InChI is InChI=1S/C29H24Cl2N4O3S/c1-38-22-7-4-18(5-8-22)13-20(17-36)33-29(37)28-11-10-27(39-28)26-15-25(19-3-2-12-32-16-19)34-35(26)21-6-9-23(30)24(31)14-21/h2-12,14-16,20,36H,13,17H2,1H3,(H,33,37)/t20-/m0/s1. The van der Waals surface area contributed by atoms with Crippen LogP contribution in [-0.2, 0) is 6.42 Å². The molecule has 7 nitrogen and oxygen atoms in total. The van der Waals surface area contributed by atoms with Crippen LogP contribution < -0.4 is 10.1 Å². The van der Waals surface area contributed by atoms with Crippen LogP contribution in [0.25, 0.3) is 27.5 Å². The number of nitrogens with zero attached hydrogens (tertiary/aromatic N) is 3. The van der Waals surface area contributed by atoms with E-state index in [-0.39, 0.29) is 12.5 Å². The second-order valence-corrected chi connectivity index (χ2v) is 10.6. The van der Waals surface area contributed by atoms with Crippen LogP contribution in [0.1, 0.15) is 15.2 Å². The molecule has 39 heavy (non-hydrogen) atoms. The third-order valence-electron chi connectivity index (χ3n) is 6.09.